The van der Waals surface area contributed by atoms with E-state index in [-0.39, 0.29) is 0 Å². The molecule has 0 amide bonds. The predicted molar refractivity (Wildman–Crippen MR) is 140 cm³/mol. The minimum Gasteiger partial charge on any atom is -0.354 e. The first-order chi connectivity index (χ1) is 16.1. The first-order valence-corrected chi connectivity index (χ1v) is 13.6. The third-order valence-electron chi connectivity index (χ3n) is 7.15. The van der Waals surface area contributed by atoms with E-state index in [0.717, 1.165) is 54.7 Å². The Morgan fingerprint density at radius 2 is 1.76 bits per heavy atom. The number of thioether (sulfide) groups is 1. The zero-order chi connectivity index (χ0) is 22.8. The molecule has 0 unspecified atom stereocenters. The van der Waals surface area contributed by atoms with Gasteiger partial charge in [-0.1, -0.05) is 31.0 Å². The minimum absolute atomic E-state index is 0.452. The predicted octanol–water partition coefficient (Wildman–Crippen LogP) is 5.93. The van der Waals surface area contributed by atoms with Crippen LogP contribution in [0.4, 0.5) is 17.3 Å². The van der Waals surface area contributed by atoms with E-state index in [1.807, 2.05) is 6.26 Å². The monoisotopic (exact) mass is 464 g/mol. The summed E-state index contributed by atoms with van der Waals surface area (Å²) < 4.78 is 2.31. The molecule has 1 saturated carbocycles. The molecule has 176 valence electrons. The number of anilines is 3. The van der Waals surface area contributed by atoms with Gasteiger partial charge in [0, 0.05) is 67.1 Å². The second-order valence-electron chi connectivity index (χ2n) is 9.63. The highest BCUT2D eigenvalue weighted by molar-refractivity contribution is 7.98. The van der Waals surface area contributed by atoms with Crippen LogP contribution in [-0.4, -0.2) is 57.9 Å². The average molecular weight is 465 g/mol. The number of hydrogen-bond acceptors (Lipinski definition) is 6. The van der Waals surface area contributed by atoms with Crippen molar-refractivity contribution in [1.82, 2.24) is 19.4 Å². The van der Waals surface area contributed by atoms with Gasteiger partial charge in [-0.05, 0) is 57.2 Å². The van der Waals surface area contributed by atoms with Gasteiger partial charge in [-0.15, -0.1) is 0 Å². The number of nitrogens with zero attached hydrogens (tertiary/aromatic N) is 5. The lowest BCUT2D eigenvalue weighted by Crippen LogP contribution is -2.51. The van der Waals surface area contributed by atoms with Gasteiger partial charge in [0.05, 0.1) is 0 Å². The number of nitrogens with one attached hydrogen (secondary N) is 1. The highest BCUT2D eigenvalue weighted by atomic mass is 32.2. The maximum atomic E-state index is 4.84. The molecule has 1 aliphatic heterocycles. The molecule has 2 aromatic heterocycles. The van der Waals surface area contributed by atoms with Crippen LogP contribution in [0.15, 0.2) is 41.7 Å². The van der Waals surface area contributed by atoms with Crippen LogP contribution in [0.5, 0.6) is 0 Å². The number of benzene rings is 1. The fourth-order valence-electron chi connectivity index (χ4n) is 5.33. The van der Waals surface area contributed by atoms with Gasteiger partial charge in [0.15, 0.2) is 5.16 Å². The molecule has 0 bridgehead atoms. The molecule has 1 aliphatic carbocycles. The number of fused-ring (bicyclic) bond motifs is 1. The van der Waals surface area contributed by atoms with Crippen molar-refractivity contribution in [2.45, 2.75) is 63.2 Å². The summed E-state index contributed by atoms with van der Waals surface area (Å²) in [5, 5.41) is 5.60. The van der Waals surface area contributed by atoms with E-state index in [4.69, 9.17) is 9.97 Å². The zero-order valence-electron chi connectivity index (χ0n) is 20.1. The summed E-state index contributed by atoms with van der Waals surface area (Å²) in [6.07, 6.45) is 11.2. The van der Waals surface area contributed by atoms with E-state index in [9.17, 15) is 0 Å². The van der Waals surface area contributed by atoms with Crippen LogP contribution in [0.25, 0.3) is 10.9 Å². The molecule has 3 aromatic rings. The lowest BCUT2D eigenvalue weighted by molar-refractivity contribution is 0.147. The lowest BCUT2D eigenvalue weighted by atomic mass is 9.94. The Hall–Kier alpha value is -2.25. The summed E-state index contributed by atoms with van der Waals surface area (Å²) in [5.74, 6) is 1.90. The smallest absolute Gasteiger partial charge is 0.191 e. The van der Waals surface area contributed by atoms with Gasteiger partial charge in [-0.2, -0.15) is 0 Å². The lowest BCUT2D eigenvalue weighted by Gasteiger charge is -2.41. The number of aromatic nitrogens is 3. The SMILES string of the molecule is CSc1nc(Nc2ccc3c(ccn3C(C)C)c2)cc(N2CCN(C3CCCCC3)CC2)n1. The zero-order valence-corrected chi connectivity index (χ0v) is 20.9. The van der Waals surface area contributed by atoms with Gasteiger partial charge in [-0.3, -0.25) is 4.90 Å². The van der Waals surface area contributed by atoms with Crippen molar-refractivity contribution in [3.8, 4) is 0 Å². The van der Waals surface area contributed by atoms with Gasteiger partial charge in [-0.25, -0.2) is 9.97 Å². The second-order valence-corrected chi connectivity index (χ2v) is 10.4. The number of piperazine rings is 1. The first-order valence-electron chi connectivity index (χ1n) is 12.4. The van der Waals surface area contributed by atoms with Crippen molar-refractivity contribution in [1.29, 1.82) is 0 Å². The fraction of sp³-hybridized carbons (Fsp3) is 0.538. The van der Waals surface area contributed by atoms with E-state index in [1.54, 1.807) is 11.8 Å². The quantitative estimate of drug-likeness (QED) is 0.360. The molecule has 2 aliphatic rings. The van der Waals surface area contributed by atoms with Crippen LogP contribution in [0.1, 0.15) is 52.0 Å². The molecule has 5 rings (SSSR count). The van der Waals surface area contributed by atoms with Gasteiger partial charge >= 0.3 is 0 Å². The molecular formula is C26H36N6S. The molecule has 2 fully saturated rings. The van der Waals surface area contributed by atoms with Crippen LogP contribution in [0.2, 0.25) is 0 Å². The number of rotatable bonds is 6. The normalized spacial score (nSPS) is 18.4. The summed E-state index contributed by atoms with van der Waals surface area (Å²) >= 11 is 1.60. The molecule has 33 heavy (non-hydrogen) atoms. The van der Waals surface area contributed by atoms with Crippen molar-refractivity contribution in [2.75, 3.05) is 42.7 Å². The van der Waals surface area contributed by atoms with Crippen molar-refractivity contribution < 1.29 is 0 Å². The topological polar surface area (TPSA) is 49.2 Å². The second kappa shape index (κ2) is 9.94. The highest BCUT2D eigenvalue weighted by Crippen LogP contribution is 2.29. The largest absolute Gasteiger partial charge is 0.354 e. The molecule has 6 nitrogen and oxygen atoms in total. The van der Waals surface area contributed by atoms with E-state index in [0.29, 0.717) is 6.04 Å². The maximum Gasteiger partial charge on any atom is 0.191 e. The molecule has 0 spiro atoms. The summed E-state index contributed by atoms with van der Waals surface area (Å²) in [6.45, 7) is 8.77. The van der Waals surface area contributed by atoms with Crippen molar-refractivity contribution in [3.63, 3.8) is 0 Å². The molecule has 1 N–H and O–H groups in total. The van der Waals surface area contributed by atoms with Crippen LogP contribution >= 0.6 is 11.8 Å². The van der Waals surface area contributed by atoms with Crippen molar-refractivity contribution in [2.24, 2.45) is 0 Å². The average Bonchev–Trinajstić information content (AvgIpc) is 3.28. The summed E-state index contributed by atoms with van der Waals surface area (Å²) in [6, 6.07) is 12.1. The summed E-state index contributed by atoms with van der Waals surface area (Å²) in [5.41, 5.74) is 2.32. The maximum absolute atomic E-state index is 4.84. The fourth-order valence-corrected chi connectivity index (χ4v) is 5.71. The van der Waals surface area contributed by atoms with E-state index < -0.39 is 0 Å². The van der Waals surface area contributed by atoms with Gasteiger partial charge in [0.25, 0.3) is 0 Å². The van der Waals surface area contributed by atoms with Crippen LogP contribution < -0.4 is 10.2 Å². The van der Waals surface area contributed by atoms with Gasteiger partial charge < -0.3 is 14.8 Å². The molecule has 1 saturated heterocycles. The van der Waals surface area contributed by atoms with Crippen LogP contribution in [-0.2, 0) is 0 Å². The van der Waals surface area contributed by atoms with Crippen LogP contribution in [0.3, 0.4) is 0 Å². The van der Waals surface area contributed by atoms with Gasteiger partial charge in [0.1, 0.15) is 11.6 Å². The Balaban J connectivity index is 1.31. The highest BCUT2D eigenvalue weighted by Gasteiger charge is 2.26. The molecular weight excluding hydrogens is 428 g/mol. The van der Waals surface area contributed by atoms with Gasteiger partial charge in [0.2, 0.25) is 0 Å². The first kappa shape index (κ1) is 22.5. The molecule has 3 heterocycles. The number of hydrogen-bond donors (Lipinski definition) is 1. The Morgan fingerprint density at radius 3 is 2.48 bits per heavy atom. The van der Waals surface area contributed by atoms with Crippen molar-refractivity contribution in [3.05, 3.63) is 36.5 Å². The van der Waals surface area contributed by atoms with Crippen LogP contribution in [0, 0.1) is 0 Å². The standard InChI is InChI=1S/C26H36N6S/c1-19(2)32-12-11-20-17-21(9-10-23(20)32)27-24-18-25(29-26(28-24)33-3)31-15-13-30(14-16-31)22-7-5-4-6-8-22/h9-12,17-19,22H,4-8,13-16H2,1-3H3,(H,27,28,29). The third kappa shape index (κ3) is 4.99. The van der Waals surface area contributed by atoms with E-state index in [2.05, 4.69) is 70.1 Å². The Kier molecular flexibility index (Phi) is 6.79. The molecule has 0 atom stereocenters. The Bertz CT molecular complexity index is 1080. The Labute approximate surface area is 201 Å². The summed E-state index contributed by atoms with van der Waals surface area (Å²) in [4.78, 5) is 14.7. The van der Waals surface area contributed by atoms with Crippen molar-refractivity contribution >= 4 is 40.0 Å². The summed E-state index contributed by atoms with van der Waals surface area (Å²) in [7, 11) is 0. The third-order valence-corrected chi connectivity index (χ3v) is 7.70. The Morgan fingerprint density at radius 1 is 0.970 bits per heavy atom. The van der Waals surface area contributed by atoms with E-state index >= 15 is 0 Å². The minimum atomic E-state index is 0.452. The molecule has 7 heteroatoms. The molecule has 0 radical (unpaired) electrons. The van der Waals surface area contributed by atoms with E-state index in [1.165, 1.54) is 43.0 Å². The molecule has 1 aromatic carbocycles.